The quantitative estimate of drug-likeness (QED) is 0.858. The van der Waals surface area contributed by atoms with Gasteiger partial charge in [0.05, 0.1) is 5.02 Å². The summed E-state index contributed by atoms with van der Waals surface area (Å²) in [4.78, 5) is 15.6. The van der Waals surface area contributed by atoms with Gasteiger partial charge in [0.1, 0.15) is 5.82 Å². The standard InChI is InChI=1S/C14H11ClN2O/c15-12-7-8-13(16-10-12)17-14(18)9-6-11-4-2-1-3-5-11/h1-10H,(H,16,17,18)/b9-6+. The first-order valence-electron chi connectivity index (χ1n) is 5.40. The average Bonchev–Trinajstić information content (AvgIpc) is 2.40. The lowest BCUT2D eigenvalue weighted by atomic mass is 10.2. The van der Waals surface area contributed by atoms with Crippen LogP contribution in [0.1, 0.15) is 5.56 Å². The van der Waals surface area contributed by atoms with Crippen LogP contribution in [0.3, 0.4) is 0 Å². The van der Waals surface area contributed by atoms with Crippen LogP contribution in [0, 0.1) is 0 Å². The van der Waals surface area contributed by atoms with Gasteiger partial charge < -0.3 is 5.32 Å². The predicted octanol–water partition coefficient (Wildman–Crippen LogP) is 3.39. The molecule has 0 atom stereocenters. The van der Waals surface area contributed by atoms with Crippen LogP contribution in [-0.4, -0.2) is 10.9 Å². The number of nitrogens with zero attached hydrogens (tertiary/aromatic N) is 1. The molecule has 0 spiro atoms. The summed E-state index contributed by atoms with van der Waals surface area (Å²) < 4.78 is 0. The number of aromatic nitrogens is 1. The molecule has 0 aliphatic carbocycles. The fraction of sp³-hybridized carbons (Fsp3) is 0. The van der Waals surface area contributed by atoms with E-state index in [0.717, 1.165) is 5.56 Å². The van der Waals surface area contributed by atoms with Crippen LogP contribution >= 0.6 is 11.6 Å². The van der Waals surface area contributed by atoms with Gasteiger partial charge in [0.25, 0.3) is 0 Å². The maximum Gasteiger partial charge on any atom is 0.249 e. The number of hydrogen-bond donors (Lipinski definition) is 1. The lowest BCUT2D eigenvalue weighted by molar-refractivity contribution is -0.111. The molecule has 0 unspecified atom stereocenters. The number of pyridine rings is 1. The second kappa shape index (κ2) is 5.98. The molecule has 0 aliphatic heterocycles. The minimum Gasteiger partial charge on any atom is -0.307 e. The Balaban J connectivity index is 1.97. The lowest BCUT2D eigenvalue weighted by Crippen LogP contribution is -2.08. The summed E-state index contributed by atoms with van der Waals surface area (Å²) in [5, 5.41) is 3.18. The van der Waals surface area contributed by atoms with E-state index in [0.29, 0.717) is 10.8 Å². The molecule has 90 valence electrons. The molecule has 0 radical (unpaired) electrons. The van der Waals surface area contributed by atoms with E-state index in [4.69, 9.17) is 11.6 Å². The van der Waals surface area contributed by atoms with Crippen molar-refractivity contribution in [2.75, 3.05) is 5.32 Å². The lowest BCUT2D eigenvalue weighted by Gasteiger charge is -2.00. The highest BCUT2D eigenvalue weighted by Gasteiger charge is 1.98. The Labute approximate surface area is 110 Å². The van der Waals surface area contributed by atoms with E-state index in [-0.39, 0.29) is 5.91 Å². The highest BCUT2D eigenvalue weighted by Crippen LogP contribution is 2.09. The molecule has 1 amide bonds. The van der Waals surface area contributed by atoms with E-state index in [2.05, 4.69) is 10.3 Å². The molecule has 2 rings (SSSR count). The molecule has 18 heavy (non-hydrogen) atoms. The Hall–Kier alpha value is -2.13. The van der Waals surface area contributed by atoms with E-state index in [9.17, 15) is 4.79 Å². The molecule has 1 heterocycles. The van der Waals surface area contributed by atoms with Crippen molar-refractivity contribution in [2.24, 2.45) is 0 Å². The van der Waals surface area contributed by atoms with Gasteiger partial charge in [-0.1, -0.05) is 41.9 Å². The third-order valence-electron chi connectivity index (χ3n) is 2.21. The van der Waals surface area contributed by atoms with E-state index in [1.807, 2.05) is 30.3 Å². The second-order valence-electron chi connectivity index (χ2n) is 3.59. The van der Waals surface area contributed by atoms with Crippen LogP contribution < -0.4 is 5.32 Å². The number of carbonyl (C=O) groups is 1. The van der Waals surface area contributed by atoms with E-state index >= 15 is 0 Å². The number of rotatable bonds is 3. The van der Waals surface area contributed by atoms with Gasteiger partial charge in [-0.2, -0.15) is 0 Å². The minimum absolute atomic E-state index is 0.228. The van der Waals surface area contributed by atoms with Gasteiger partial charge in [0.2, 0.25) is 5.91 Å². The van der Waals surface area contributed by atoms with Crippen LogP contribution in [0.15, 0.2) is 54.7 Å². The van der Waals surface area contributed by atoms with Gasteiger partial charge in [-0.25, -0.2) is 4.98 Å². The van der Waals surface area contributed by atoms with Gasteiger partial charge in [-0.15, -0.1) is 0 Å². The van der Waals surface area contributed by atoms with Crippen LogP contribution in [0.25, 0.3) is 6.08 Å². The Morgan fingerprint density at radius 2 is 1.94 bits per heavy atom. The third kappa shape index (κ3) is 3.71. The number of carbonyl (C=O) groups excluding carboxylic acids is 1. The molecule has 0 aliphatic rings. The first-order valence-corrected chi connectivity index (χ1v) is 5.77. The molecule has 0 saturated carbocycles. The normalized spacial score (nSPS) is 10.5. The Kier molecular flexibility index (Phi) is 4.10. The SMILES string of the molecule is O=C(/C=C/c1ccccc1)Nc1ccc(Cl)cn1. The maximum absolute atomic E-state index is 11.6. The van der Waals surface area contributed by atoms with Gasteiger partial charge >= 0.3 is 0 Å². The fourth-order valence-corrected chi connectivity index (χ4v) is 1.47. The number of nitrogens with one attached hydrogen (secondary N) is 1. The minimum atomic E-state index is -0.228. The molecule has 1 aromatic carbocycles. The van der Waals surface area contributed by atoms with E-state index < -0.39 is 0 Å². The molecular weight excluding hydrogens is 248 g/mol. The highest BCUT2D eigenvalue weighted by molar-refractivity contribution is 6.30. The zero-order chi connectivity index (χ0) is 12.8. The van der Waals surface area contributed by atoms with E-state index in [1.54, 1.807) is 18.2 Å². The largest absolute Gasteiger partial charge is 0.307 e. The molecule has 1 N–H and O–H groups in total. The van der Waals surface area contributed by atoms with Crippen LogP contribution in [-0.2, 0) is 4.79 Å². The van der Waals surface area contributed by atoms with Crippen molar-refractivity contribution < 1.29 is 4.79 Å². The van der Waals surface area contributed by atoms with Crippen molar-refractivity contribution in [1.82, 2.24) is 4.98 Å². The zero-order valence-corrected chi connectivity index (χ0v) is 10.3. The fourth-order valence-electron chi connectivity index (χ4n) is 1.35. The van der Waals surface area contributed by atoms with Crippen molar-refractivity contribution >= 4 is 29.4 Å². The summed E-state index contributed by atoms with van der Waals surface area (Å²) in [5.41, 5.74) is 0.969. The predicted molar refractivity (Wildman–Crippen MR) is 73.4 cm³/mol. The average molecular weight is 259 g/mol. The summed E-state index contributed by atoms with van der Waals surface area (Å²) in [6.07, 6.45) is 4.69. The summed E-state index contributed by atoms with van der Waals surface area (Å²) in [6, 6.07) is 12.9. The van der Waals surface area contributed by atoms with Crippen molar-refractivity contribution in [1.29, 1.82) is 0 Å². The zero-order valence-electron chi connectivity index (χ0n) is 9.51. The van der Waals surface area contributed by atoms with Gasteiger partial charge in [0.15, 0.2) is 0 Å². The molecule has 0 saturated heterocycles. The van der Waals surface area contributed by atoms with Crippen molar-refractivity contribution in [3.63, 3.8) is 0 Å². The van der Waals surface area contributed by atoms with Crippen molar-refractivity contribution in [2.45, 2.75) is 0 Å². The summed E-state index contributed by atoms with van der Waals surface area (Å²) in [5.74, 6) is 0.246. The molecule has 3 nitrogen and oxygen atoms in total. The molecular formula is C14H11ClN2O. The molecule has 4 heteroatoms. The summed E-state index contributed by atoms with van der Waals surface area (Å²) in [6.45, 7) is 0. The maximum atomic E-state index is 11.6. The second-order valence-corrected chi connectivity index (χ2v) is 4.03. The van der Waals surface area contributed by atoms with Crippen LogP contribution in [0.5, 0.6) is 0 Å². The van der Waals surface area contributed by atoms with Crippen LogP contribution in [0.4, 0.5) is 5.82 Å². The topological polar surface area (TPSA) is 42.0 Å². The van der Waals surface area contributed by atoms with Crippen molar-refractivity contribution in [3.8, 4) is 0 Å². The number of hydrogen-bond acceptors (Lipinski definition) is 2. The molecule has 2 aromatic rings. The smallest absolute Gasteiger partial charge is 0.249 e. The first kappa shape index (κ1) is 12.3. The molecule has 0 fully saturated rings. The van der Waals surface area contributed by atoms with E-state index in [1.165, 1.54) is 12.3 Å². The molecule has 1 aromatic heterocycles. The number of halogens is 1. The van der Waals surface area contributed by atoms with Gasteiger partial charge in [-0.05, 0) is 23.8 Å². The first-order chi connectivity index (χ1) is 8.74. The molecule has 0 bridgehead atoms. The summed E-state index contributed by atoms with van der Waals surface area (Å²) in [7, 11) is 0. The monoisotopic (exact) mass is 258 g/mol. The Morgan fingerprint density at radius 3 is 2.61 bits per heavy atom. The van der Waals surface area contributed by atoms with Gasteiger partial charge in [-0.3, -0.25) is 4.79 Å². The highest BCUT2D eigenvalue weighted by atomic mass is 35.5. The number of benzene rings is 1. The van der Waals surface area contributed by atoms with Crippen LogP contribution in [0.2, 0.25) is 5.02 Å². The Morgan fingerprint density at radius 1 is 1.17 bits per heavy atom. The number of anilines is 1. The third-order valence-corrected chi connectivity index (χ3v) is 2.43. The van der Waals surface area contributed by atoms with Gasteiger partial charge in [0, 0.05) is 12.3 Å². The van der Waals surface area contributed by atoms with Crippen molar-refractivity contribution in [3.05, 3.63) is 65.3 Å². The summed E-state index contributed by atoms with van der Waals surface area (Å²) >= 11 is 5.70. The number of amides is 1. The Bertz CT molecular complexity index is 550.